The van der Waals surface area contributed by atoms with E-state index in [1.807, 2.05) is 29.8 Å². The van der Waals surface area contributed by atoms with Gasteiger partial charge in [0.05, 0.1) is 17.7 Å². The molecule has 29 heavy (non-hydrogen) atoms. The van der Waals surface area contributed by atoms with Gasteiger partial charge < -0.3 is 5.11 Å². The predicted octanol–water partition coefficient (Wildman–Crippen LogP) is 4.20. The van der Waals surface area contributed by atoms with Crippen molar-refractivity contribution in [3.8, 4) is 11.3 Å². The molecule has 1 fully saturated rings. The lowest BCUT2D eigenvalue weighted by Gasteiger charge is -2.20. The van der Waals surface area contributed by atoms with Crippen molar-refractivity contribution in [2.75, 3.05) is 13.1 Å². The zero-order valence-corrected chi connectivity index (χ0v) is 17.0. The summed E-state index contributed by atoms with van der Waals surface area (Å²) in [6.07, 6.45) is 2.79. The molecule has 0 spiro atoms. The quantitative estimate of drug-likeness (QED) is 0.686. The monoisotopic (exact) mass is 389 g/mol. The summed E-state index contributed by atoms with van der Waals surface area (Å²) in [5.74, 6) is -0.710. The number of carboxylic acids is 1. The van der Waals surface area contributed by atoms with E-state index in [9.17, 15) is 9.90 Å². The molecule has 5 nitrogen and oxygen atoms in total. The van der Waals surface area contributed by atoms with Crippen LogP contribution in [0.3, 0.4) is 0 Å². The van der Waals surface area contributed by atoms with Crippen molar-refractivity contribution in [2.45, 2.75) is 33.4 Å². The van der Waals surface area contributed by atoms with Crippen LogP contribution < -0.4 is 0 Å². The highest BCUT2D eigenvalue weighted by atomic mass is 16.4. The van der Waals surface area contributed by atoms with Gasteiger partial charge in [0.15, 0.2) is 0 Å². The van der Waals surface area contributed by atoms with Gasteiger partial charge in [0.2, 0.25) is 0 Å². The maximum Gasteiger partial charge on any atom is 0.310 e. The highest BCUT2D eigenvalue weighted by molar-refractivity contribution is 5.75. The smallest absolute Gasteiger partial charge is 0.310 e. The third-order valence-corrected chi connectivity index (χ3v) is 5.78. The van der Waals surface area contributed by atoms with Crippen LogP contribution >= 0.6 is 0 Å². The molecule has 1 saturated heterocycles. The van der Waals surface area contributed by atoms with Crippen molar-refractivity contribution < 1.29 is 9.90 Å². The lowest BCUT2D eigenvalue weighted by molar-refractivity contribution is -0.147. The van der Waals surface area contributed by atoms with Gasteiger partial charge in [0.25, 0.3) is 0 Å². The summed E-state index contributed by atoms with van der Waals surface area (Å²) in [6, 6.07) is 18.7. The normalized spacial score (nSPS) is 19.5. The van der Waals surface area contributed by atoms with Crippen molar-refractivity contribution in [3.05, 3.63) is 77.5 Å². The zero-order valence-electron chi connectivity index (χ0n) is 17.0. The molecular weight excluding hydrogens is 362 g/mol. The number of rotatable bonds is 6. The van der Waals surface area contributed by atoms with Gasteiger partial charge in [-0.1, -0.05) is 54.1 Å². The van der Waals surface area contributed by atoms with Crippen LogP contribution in [0.25, 0.3) is 11.3 Å². The first-order valence-electron chi connectivity index (χ1n) is 10.1. The summed E-state index contributed by atoms with van der Waals surface area (Å²) in [6.45, 7) is 6.71. The topological polar surface area (TPSA) is 58.4 Å². The fourth-order valence-electron chi connectivity index (χ4n) is 4.07. The number of carboxylic acid groups (broad SMARTS) is 1. The summed E-state index contributed by atoms with van der Waals surface area (Å²) in [4.78, 5) is 13.8. The number of carbonyl (C=O) groups is 1. The lowest BCUT2D eigenvalue weighted by Crippen LogP contribution is -2.31. The molecule has 1 atom stereocenters. The molecule has 3 aromatic rings. The van der Waals surface area contributed by atoms with Crippen molar-refractivity contribution in [3.63, 3.8) is 0 Å². The van der Waals surface area contributed by atoms with E-state index in [1.54, 1.807) is 0 Å². The molecule has 2 heterocycles. The Morgan fingerprint density at radius 1 is 1.14 bits per heavy atom. The van der Waals surface area contributed by atoms with E-state index in [0.717, 1.165) is 23.4 Å². The van der Waals surface area contributed by atoms with Crippen LogP contribution in [0.5, 0.6) is 0 Å². The molecule has 0 aliphatic carbocycles. The van der Waals surface area contributed by atoms with E-state index in [2.05, 4.69) is 54.4 Å². The van der Waals surface area contributed by atoms with E-state index in [-0.39, 0.29) is 0 Å². The third kappa shape index (κ3) is 4.25. The highest BCUT2D eigenvalue weighted by Gasteiger charge is 2.40. The Labute approximate surface area is 171 Å². The zero-order chi connectivity index (χ0) is 20.4. The predicted molar refractivity (Wildman–Crippen MR) is 114 cm³/mol. The van der Waals surface area contributed by atoms with Crippen molar-refractivity contribution >= 4 is 5.97 Å². The van der Waals surface area contributed by atoms with Crippen LogP contribution in [0, 0.1) is 12.3 Å². The van der Waals surface area contributed by atoms with E-state index < -0.39 is 11.4 Å². The average Bonchev–Trinajstić information content (AvgIpc) is 3.27. The van der Waals surface area contributed by atoms with Gasteiger partial charge >= 0.3 is 5.97 Å². The summed E-state index contributed by atoms with van der Waals surface area (Å²) < 4.78 is 1.99. The number of likely N-dealkylation sites (tertiary alicyclic amines) is 1. The van der Waals surface area contributed by atoms with Crippen LogP contribution in [0.4, 0.5) is 0 Å². The highest BCUT2D eigenvalue weighted by Crippen LogP contribution is 2.32. The first kappa shape index (κ1) is 19.4. The van der Waals surface area contributed by atoms with Crippen LogP contribution in [-0.4, -0.2) is 38.8 Å². The molecule has 1 N–H and O–H groups in total. The minimum Gasteiger partial charge on any atom is -0.481 e. The second-order valence-corrected chi connectivity index (χ2v) is 8.38. The third-order valence-electron chi connectivity index (χ3n) is 5.78. The standard InChI is InChI=1S/C24H27N3O2/c1-18-7-6-10-20(13-18)22-21(15-26-12-11-24(2,17-26)23(28)29)16-27(25-22)14-19-8-4-3-5-9-19/h3-10,13,16H,11-12,14-15,17H2,1-2H3,(H,28,29). The molecule has 150 valence electrons. The summed E-state index contributed by atoms with van der Waals surface area (Å²) in [7, 11) is 0. The number of nitrogens with zero attached hydrogens (tertiary/aromatic N) is 3. The second-order valence-electron chi connectivity index (χ2n) is 8.38. The second kappa shape index (κ2) is 7.84. The molecule has 0 bridgehead atoms. The van der Waals surface area contributed by atoms with E-state index in [1.165, 1.54) is 11.1 Å². The van der Waals surface area contributed by atoms with Gasteiger partial charge in [0.1, 0.15) is 0 Å². The summed E-state index contributed by atoms with van der Waals surface area (Å²) >= 11 is 0. The Hall–Kier alpha value is -2.92. The first-order chi connectivity index (χ1) is 13.9. The Bertz CT molecular complexity index is 1010. The van der Waals surface area contributed by atoms with Crippen LogP contribution in [-0.2, 0) is 17.9 Å². The van der Waals surface area contributed by atoms with Crippen molar-refractivity contribution in [1.29, 1.82) is 0 Å². The van der Waals surface area contributed by atoms with Gasteiger partial charge in [-0.15, -0.1) is 0 Å². The fourth-order valence-corrected chi connectivity index (χ4v) is 4.07. The van der Waals surface area contributed by atoms with Gasteiger partial charge in [-0.2, -0.15) is 5.10 Å². The van der Waals surface area contributed by atoms with E-state index >= 15 is 0 Å². The number of hydrogen-bond donors (Lipinski definition) is 1. The average molecular weight is 389 g/mol. The summed E-state index contributed by atoms with van der Waals surface area (Å²) in [5, 5.41) is 14.4. The number of benzene rings is 2. The van der Waals surface area contributed by atoms with Crippen molar-refractivity contribution in [2.24, 2.45) is 5.41 Å². The minimum absolute atomic E-state index is 0.569. The Morgan fingerprint density at radius 2 is 1.93 bits per heavy atom. The van der Waals surface area contributed by atoms with Crippen molar-refractivity contribution in [1.82, 2.24) is 14.7 Å². The molecule has 1 unspecified atom stereocenters. The maximum atomic E-state index is 11.6. The number of aryl methyl sites for hydroxylation is 1. The lowest BCUT2D eigenvalue weighted by atomic mass is 9.90. The Kier molecular flexibility index (Phi) is 5.24. The molecule has 1 aromatic heterocycles. The molecule has 0 radical (unpaired) electrons. The molecule has 2 aromatic carbocycles. The largest absolute Gasteiger partial charge is 0.481 e. The first-order valence-corrected chi connectivity index (χ1v) is 10.1. The van der Waals surface area contributed by atoms with E-state index in [4.69, 9.17) is 5.10 Å². The van der Waals surface area contributed by atoms with Crippen LogP contribution in [0.1, 0.15) is 30.0 Å². The minimum atomic E-state index is -0.710. The summed E-state index contributed by atoms with van der Waals surface area (Å²) in [5.41, 5.74) is 4.97. The molecule has 4 rings (SSSR count). The molecule has 1 aliphatic rings. The number of aromatic nitrogens is 2. The molecule has 0 amide bonds. The van der Waals surface area contributed by atoms with Gasteiger partial charge in [-0.25, -0.2) is 0 Å². The van der Waals surface area contributed by atoms with Gasteiger partial charge in [-0.3, -0.25) is 14.4 Å². The van der Waals surface area contributed by atoms with E-state index in [0.29, 0.717) is 26.1 Å². The van der Waals surface area contributed by atoms with Crippen LogP contribution in [0.15, 0.2) is 60.8 Å². The Morgan fingerprint density at radius 3 is 2.62 bits per heavy atom. The molecule has 1 aliphatic heterocycles. The van der Waals surface area contributed by atoms with Gasteiger partial charge in [-0.05, 0) is 38.4 Å². The Balaban J connectivity index is 1.63. The molecule has 5 heteroatoms. The van der Waals surface area contributed by atoms with Crippen LogP contribution in [0.2, 0.25) is 0 Å². The molecular formula is C24H27N3O2. The van der Waals surface area contributed by atoms with Gasteiger partial charge in [0, 0.05) is 30.4 Å². The maximum absolute atomic E-state index is 11.6. The number of hydrogen-bond acceptors (Lipinski definition) is 3. The SMILES string of the molecule is Cc1cccc(-c2nn(Cc3ccccc3)cc2CN2CCC(C)(C(=O)O)C2)c1. The fraction of sp³-hybridized carbons (Fsp3) is 0.333. The number of aliphatic carboxylic acids is 1. The molecule has 0 saturated carbocycles.